The van der Waals surface area contributed by atoms with Crippen LogP contribution in [0.2, 0.25) is 0 Å². The summed E-state index contributed by atoms with van der Waals surface area (Å²) in [6, 6.07) is 10.8. The first-order chi connectivity index (χ1) is 9.83. The van der Waals surface area contributed by atoms with Gasteiger partial charge in [-0.2, -0.15) is 0 Å². The Morgan fingerprint density at radius 2 is 2.00 bits per heavy atom. The fourth-order valence-corrected chi connectivity index (χ4v) is 2.76. The smallest absolute Gasteiger partial charge is 0.194 e. The van der Waals surface area contributed by atoms with Crippen LogP contribution in [-0.2, 0) is 6.42 Å². The molecular formula is C17H24IN3. The van der Waals surface area contributed by atoms with E-state index in [4.69, 9.17) is 6.42 Å². The van der Waals surface area contributed by atoms with Gasteiger partial charge in [0.25, 0.3) is 0 Å². The minimum atomic E-state index is 0. The fourth-order valence-electron chi connectivity index (χ4n) is 2.76. The lowest BCUT2D eigenvalue weighted by molar-refractivity contribution is 0.259. The van der Waals surface area contributed by atoms with E-state index in [-0.39, 0.29) is 24.0 Å². The lowest BCUT2D eigenvalue weighted by atomic mass is 9.90. The largest absolute Gasteiger partial charge is 0.345 e. The van der Waals surface area contributed by atoms with Gasteiger partial charge in [0.1, 0.15) is 0 Å². The molecule has 0 aliphatic carbocycles. The van der Waals surface area contributed by atoms with Crippen molar-refractivity contribution in [2.45, 2.75) is 19.3 Å². The molecular weight excluding hydrogens is 373 g/mol. The van der Waals surface area contributed by atoms with Gasteiger partial charge in [-0.3, -0.25) is 4.99 Å². The lowest BCUT2D eigenvalue weighted by Gasteiger charge is -2.34. The van der Waals surface area contributed by atoms with E-state index in [0.717, 1.165) is 25.0 Å². The summed E-state index contributed by atoms with van der Waals surface area (Å²) >= 11 is 0. The Bertz CT molecular complexity index is 471. The van der Waals surface area contributed by atoms with Gasteiger partial charge >= 0.3 is 0 Å². The van der Waals surface area contributed by atoms with E-state index >= 15 is 0 Å². The van der Waals surface area contributed by atoms with Crippen molar-refractivity contribution < 1.29 is 0 Å². The average Bonchev–Trinajstić information content (AvgIpc) is 2.50. The summed E-state index contributed by atoms with van der Waals surface area (Å²) in [5.74, 6) is 4.30. The second-order valence-electron chi connectivity index (χ2n) is 5.23. The van der Waals surface area contributed by atoms with E-state index in [1.807, 2.05) is 7.05 Å². The molecule has 1 aliphatic heterocycles. The van der Waals surface area contributed by atoms with Crippen LogP contribution < -0.4 is 5.32 Å². The highest BCUT2D eigenvalue weighted by molar-refractivity contribution is 14.0. The number of rotatable bonds is 3. The number of likely N-dealkylation sites (tertiary alicyclic amines) is 1. The van der Waals surface area contributed by atoms with Crippen LogP contribution in [0.4, 0.5) is 0 Å². The van der Waals surface area contributed by atoms with Crippen molar-refractivity contribution in [2.75, 3.05) is 26.7 Å². The van der Waals surface area contributed by atoms with Gasteiger partial charge in [0, 0.05) is 20.1 Å². The Kier molecular flexibility index (Phi) is 8.21. The predicted molar refractivity (Wildman–Crippen MR) is 100 cm³/mol. The quantitative estimate of drug-likeness (QED) is 0.368. The Labute approximate surface area is 145 Å². The molecule has 1 aliphatic rings. The highest BCUT2D eigenvalue weighted by Crippen LogP contribution is 2.21. The van der Waals surface area contributed by atoms with Crippen molar-refractivity contribution in [3.8, 4) is 12.3 Å². The fraction of sp³-hybridized carbons (Fsp3) is 0.471. The Morgan fingerprint density at radius 1 is 1.33 bits per heavy atom. The number of guanidine groups is 1. The lowest BCUT2D eigenvalue weighted by Crippen LogP contribution is -2.45. The van der Waals surface area contributed by atoms with Crippen molar-refractivity contribution in [2.24, 2.45) is 10.9 Å². The highest BCUT2D eigenvalue weighted by Gasteiger charge is 2.21. The third-order valence-corrected chi connectivity index (χ3v) is 3.84. The average molecular weight is 397 g/mol. The number of terminal acetylenes is 1. The van der Waals surface area contributed by atoms with Gasteiger partial charge in [0.05, 0.1) is 6.54 Å². The molecule has 21 heavy (non-hydrogen) atoms. The zero-order valence-corrected chi connectivity index (χ0v) is 14.9. The van der Waals surface area contributed by atoms with Crippen LogP contribution in [0.1, 0.15) is 18.4 Å². The van der Waals surface area contributed by atoms with Gasteiger partial charge in [-0.1, -0.05) is 36.3 Å². The molecule has 0 atom stereocenters. The number of hydrogen-bond acceptors (Lipinski definition) is 1. The molecule has 0 unspecified atom stereocenters. The predicted octanol–water partition coefficient (Wildman–Crippen LogP) is 2.77. The number of nitrogens with one attached hydrogen (secondary N) is 1. The zero-order chi connectivity index (χ0) is 14.2. The number of nitrogens with zero attached hydrogens (tertiary/aromatic N) is 2. The topological polar surface area (TPSA) is 27.6 Å². The number of piperidine rings is 1. The minimum Gasteiger partial charge on any atom is -0.345 e. The molecule has 0 saturated carbocycles. The molecule has 1 heterocycles. The molecule has 1 N–H and O–H groups in total. The molecule has 1 saturated heterocycles. The number of benzene rings is 1. The molecule has 2 rings (SSSR count). The van der Waals surface area contributed by atoms with E-state index in [9.17, 15) is 0 Å². The van der Waals surface area contributed by atoms with E-state index in [0.29, 0.717) is 6.54 Å². The SMILES string of the molecule is C#CCNC(=NC)N1CCC(Cc2ccccc2)CC1.I. The second kappa shape index (κ2) is 9.67. The normalized spacial score (nSPS) is 16.0. The standard InChI is InChI=1S/C17H23N3.HI/c1-3-11-19-17(18-2)20-12-9-16(10-13-20)14-15-7-5-4-6-8-15;/h1,4-8,16H,9-14H2,2H3,(H,18,19);1H. The summed E-state index contributed by atoms with van der Waals surface area (Å²) in [6.45, 7) is 2.65. The van der Waals surface area contributed by atoms with Crippen molar-refractivity contribution in [3.05, 3.63) is 35.9 Å². The summed E-state index contributed by atoms with van der Waals surface area (Å²) in [4.78, 5) is 6.60. The second-order valence-corrected chi connectivity index (χ2v) is 5.23. The Balaban J connectivity index is 0.00000220. The van der Waals surface area contributed by atoms with Crippen LogP contribution in [0.3, 0.4) is 0 Å². The van der Waals surface area contributed by atoms with Crippen LogP contribution >= 0.6 is 24.0 Å². The van der Waals surface area contributed by atoms with Crippen molar-refractivity contribution in [3.63, 3.8) is 0 Å². The van der Waals surface area contributed by atoms with Crippen LogP contribution in [-0.4, -0.2) is 37.5 Å². The first kappa shape index (κ1) is 17.8. The van der Waals surface area contributed by atoms with Crippen LogP contribution in [0, 0.1) is 18.3 Å². The molecule has 0 spiro atoms. The van der Waals surface area contributed by atoms with Gasteiger partial charge in [-0.15, -0.1) is 30.4 Å². The summed E-state index contributed by atoms with van der Waals surface area (Å²) in [5.41, 5.74) is 1.45. The summed E-state index contributed by atoms with van der Waals surface area (Å²) in [5, 5.41) is 3.19. The molecule has 1 aromatic carbocycles. The maximum Gasteiger partial charge on any atom is 0.194 e. The van der Waals surface area contributed by atoms with E-state index in [1.54, 1.807) is 0 Å². The number of hydrogen-bond donors (Lipinski definition) is 1. The summed E-state index contributed by atoms with van der Waals surface area (Å²) in [7, 11) is 1.81. The molecule has 3 nitrogen and oxygen atoms in total. The van der Waals surface area contributed by atoms with Crippen molar-refractivity contribution in [1.82, 2.24) is 10.2 Å². The molecule has 0 aromatic heterocycles. The van der Waals surface area contributed by atoms with Gasteiger partial charge in [-0.05, 0) is 30.7 Å². The molecule has 0 radical (unpaired) electrons. The highest BCUT2D eigenvalue weighted by atomic mass is 127. The Hall–Kier alpha value is -1.22. The van der Waals surface area contributed by atoms with Crippen molar-refractivity contribution in [1.29, 1.82) is 0 Å². The third kappa shape index (κ3) is 5.58. The molecule has 0 amide bonds. The van der Waals surface area contributed by atoms with Gasteiger partial charge in [0.2, 0.25) is 0 Å². The van der Waals surface area contributed by atoms with Gasteiger partial charge in [-0.25, -0.2) is 0 Å². The molecule has 4 heteroatoms. The van der Waals surface area contributed by atoms with Gasteiger partial charge in [0.15, 0.2) is 5.96 Å². The van der Waals surface area contributed by atoms with E-state index in [2.05, 4.69) is 51.5 Å². The number of aliphatic imine (C=N–C) groups is 1. The molecule has 114 valence electrons. The van der Waals surface area contributed by atoms with E-state index < -0.39 is 0 Å². The summed E-state index contributed by atoms with van der Waals surface area (Å²) in [6.07, 6.45) is 8.90. The molecule has 1 fully saturated rings. The van der Waals surface area contributed by atoms with Crippen LogP contribution in [0.5, 0.6) is 0 Å². The maximum absolute atomic E-state index is 5.28. The van der Waals surface area contributed by atoms with Crippen molar-refractivity contribution >= 4 is 29.9 Å². The van der Waals surface area contributed by atoms with E-state index in [1.165, 1.54) is 24.8 Å². The molecule has 0 bridgehead atoms. The zero-order valence-electron chi connectivity index (χ0n) is 12.6. The molecule has 1 aromatic rings. The summed E-state index contributed by atoms with van der Waals surface area (Å²) < 4.78 is 0. The minimum absolute atomic E-state index is 0. The monoisotopic (exact) mass is 397 g/mol. The van der Waals surface area contributed by atoms with Gasteiger partial charge < -0.3 is 10.2 Å². The van der Waals surface area contributed by atoms with Crippen LogP contribution in [0.25, 0.3) is 0 Å². The Morgan fingerprint density at radius 3 is 2.57 bits per heavy atom. The number of halogens is 1. The maximum atomic E-state index is 5.28. The first-order valence-corrected chi connectivity index (χ1v) is 7.26. The van der Waals surface area contributed by atoms with Crippen LogP contribution in [0.15, 0.2) is 35.3 Å². The third-order valence-electron chi connectivity index (χ3n) is 3.84. The first-order valence-electron chi connectivity index (χ1n) is 7.26.